The quantitative estimate of drug-likeness (QED) is 0.844. The highest BCUT2D eigenvalue weighted by Crippen LogP contribution is 2.28. The Balaban J connectivity index is 2.68. The number of hydrogen-bond donors (Lipinski definition) is 1. The van der Waals surface area contributed by atoms with Gasteiger partial charge >= 0.3 is 11.9 Å². The molecule has 1 amide bonds. The van der Waals surface area contributed by atoms with Gasteiger partial charge < -0.3 is 10.0 Å². The zero-order valence-corrected chi connectivity index (χ0v) is 10.7. The average Bonchev–Trinajstić information content (AvgIpc) is 2.26. The Morgan fingerprint density at radius 2 is 2.06 bits per heavy atom. The number of carboxylic acid groups (broad SMARTS) is 1. The van der Waals surface area contributed by atoms with E-state index in [4.69, 9.17) is 5.11 Å². The van der Waals surface area contributed by atoms with E-state index < -0.39 is 30.1 Å². The fourth-order valence-electron chi connectivity index (χ4n) is 2.19. The van der Waals surface area contributed by atoms with Gasteiger partial charge in [-0.2, -0.15) is 8.78 Å². The smallest absolute Gasteiger partial charge is 0.325 e. The molecule has 1 saturated heterocycles. The topological polar surface area (TPSA) is 57.6 Å². The standard InChI is InChI=1S/C12H19F2NO3/c1-8(2)6-12(13,14)11(18)15-5-3-4-9(7-15)10(16)17/h8-9H,3-7H2,1-2H3,(H,16,17). The maximum Gasteiger partial charge on any atom is 0.325 e. The Kier molecular flexibility index (Phi) is 4.65. The van der Waals surface area contributed by atoms with Crippen molar-refractivity contribution >= 4 is 11.9 Å². The largest absolute Gasteiger partial charge is 0.481 e. The second-order valence-corrected chi connectivity index (χ2v) is 5.23. The summed E-state index contributed by atoms with van der Waals surface area (Å²) in [6.07, 6.45) is 0.398. The number of alkyl halides is 2. The highest BCUT2D eigenvalue weighted by molar-refractivity contribution is 5.84. The highest BCUT2D eigenvalue weighted by Gasteiger charge is 2.44. The van der Waals surface area contributed by atoms with E-state index in [0.717, 1.165) is 4.90 Å². The van der Waals surface area contributed by atoms with E-state index in [9.17, 15) is 18.4 Å². The number of hydrogen-bond acceptors (Lipinski definition) is 2. The normalized spacial score (nSPS) is 21.2. The van der Waals surface area contributed by atoms with E-state index in [2.05, 4.69) is 0 Å². The summed E-state index contributed by atoms with van der Waals surface area (Å²) in [5, 5.41) is 8.86. The average molecular weight is 263 g/mol. The van der Waals surface area contributed by atoms with Crippen LogP contribution in [0.25, 0.3) is 0 Å². The lowest BCUT2D eigenvalue weighted by Crippen LogP contribution is -2.49. The van der Waals surface area contributed by atoms with Gasteiger partial charge in [0.2, 0.25) is 0 Å². The van der Waals surface area contributed by atoms with Crippen molar-refractivity contribution in [2.75, 3.05) is 13.1 Å². The molecule has 1 aliphatic rings. The summed E-state index contributed by atoms with van der Waals surface area (Å²) in [7, 11) is 0. The molecule has 1 rings (SSSR count). The van der Waals surface area contributed by atoms with Crippen molar-refractivity contribution in [2.45, 2.75) is 39.0 Å². The maximum absolute atomic E-state index is 13.6. The van der Waals surface area contributed by atoms with Crippen LogP contribution in [0, 0.1) is 11.8 Å². The molecule has 0 bridgehead atoms. The van der Waals surface area contributed by atoms with Crippen LogP contribution in [0.2, 0.25) is 0 Å². The molecule has 0 radical (unpaired) electrons. The van der Waals surface area contributed by atoms with Gasteiger partial charge in [-0.15, -0.1) is 0 Å². The van der Waals surface area contributed by atoms with Crippen LogP contribution in [-0.2, 0) is 9.59 Å². The first-order valence-corrected chi connectivity index (χ1v) is 6.14. The first-order valence-electron chi connectivity index (χ1n) is 6.14. The molecule has 0 saturated carbocycles. The number of piperidine rings is 1. The molecule has 0 aromatic heterocycles. The van der Waals surface area contributed by atoms with Crippen molar-refractivity contribution in [3.63, 3.8) is 0 Å². The minimum atomic E-state index is -3.39. The van der Waals surface area contributed by atoms with Gasteiger partial charge in [-0.1, -0.05) is 13.8 Å². The first kappa shape index (κ1) is 14.9. The molecule has 1 fully saturated rings. The van der Waals surface area contributed by atoms with Gasteiger partial charge in [-0.05, 0) is 18.8 Å². The lowest BCUT2D eigenvalue weighted by atomic mass is 9.96. The molecule has 1 heterocycles. The molecule has 4 nitrogen and oxygen atoms in total. The predicted molar refractivity (Wildman–Crippen MR) is 61.3 cm³/mol. The van der Waals surface area contributed by atoms with Crippen LogP contribution in [0.1, 0.15) is 33.1 Å². The predicted octanol–water partition coefficient (Wildman–Crippen LogP) is 1.99. The molecule has 0 aliphatic carbocycles. The highest BCUT2D eigenvalue weighted by atomic mass is 19.3. The zero-order chi connectivity index (χ0) is 13.9. The van der Waals surface area contributed by atoms with Crippen LogP contribution in [0.5, 0.6) is 0 Å². The monoisotopic (exact) mass is 263 g/mol. The van der Waals surface area contributed by atoms with Gasteiger partial charge in [0, 0.05) is 19.5 Å². The summed E-state index contributed by atoms with van der Waals surface area (Å²) >= 11 is 0. The summed E-state index contributed by atoms with van der Waals surface area (Å²) in [5.74, 6) is -6.67. The van der Waals surface area contributed by atoms with E-state index in [0.29, 0.717) is 12.8 Å². The Morgan fingerprint density at radius 3 is 2.56 bits per heavy atom. The summed E-state index contributed by atoms with van der Waals surface area (Å²) in [4.78, 5) is 23.5. The van der Waals surface area contributed by atoms with Gasteiger partial charge in [0.1, 0.15) is 0 Å². The van der Waals surface area contributed by atoms with Crippen molar-refractivity contribution in [3.05, 3.63) is 0 Å². The van der Waals surface area contributed by atoms with E-state index >= 15 is 0 Å². The Bertz CT molecular complexity index is 331. The fraction of sp³-hybridized carbons (Fsp3) is 0.833. The summed E-state index contributed by atoms with van der Waals surface area (Å²) < 4.78 is 27.3. The second kappa shape index (κ2) is 5.63. The number of likely N-dealkylation sites (tertiary alicyclic amines) is 1. The molecular weight excluding hydrogens is 244 g/mol. The van der Waals surface area contributed by atoms with Crippen molar-refractivity contribution in [2.24, 2.45) is 11.8 Å². The summed E-state index contributed by atoms with van der Waals surface area (Å²) in [6.45, 7) is 3.35. The first-order chi connectivity index (χ1) is 8.24. The Hall–Kier alpha value is -1.20. The van der Waals surface area contributed by atoms with Crippen LogP contribution >= 0.6 is 0 Å². The van der Waals surface area contributed by atoms with Crippen molar-refractivity contribution < 1.29 is 23.5 Å². The molecular formula is C12H19F2NO3. The van der Waals surface area contributed by atoms with Gasteiger partial charge in [-0.25, -0.2) is 0 Å². The molecule has 18 heavy (non-hydrogen) atoms. The fourth-order valence-corrected chi connectivity index (χ4v) is 2.19. The third kappa shape index (κ3) is 3.65. The number of aliphatic carboxylic acids is 1. The molecule has 1 aliphatic heterocycles. The lowest BCUT2D eigenvalue weighted by molar-refractivity contribution is -0.163. The van der Waals surface area contributed by atoms with Crippen LogP contribution in [0.4, 0.5) is 8.78 Å². The van der Waals surface area contributed by atoms with Crippen LogP contribution in [0.3, 0.4) is 0 Å². The number of carbonyl (C=O) groups is 2. The molecule has 0 spiro atoms. The third-order valence-corrected chi connectivity index (χ3v) is 3.04. The van der Waals surface area contributed by atoms with E-state index in [1.54, 1.807) is 13.8 Å². The minimum absolute atomic E-state index is 0.109. The lowest BCUT2D eigenvalue weighted by Gasteiger charge is -2.33. The van der Waals surface area contributed by atoms with Crippen molar-refractivity contribution in [1.82, 2.24) is 4.90 Å². The van der Waals surface area contributed by atoms with Crippen LogP contribution < -0.4 is 0 Å². The van der Waals surface area contributed by atoms with Gasteiger partial charge in [0.05, 0.1) is 5.92 Å². The third-order valence-electron chi connectivity index (χ3n) is 3.04. The Morgan fingerprint density at radius 1 is 1.44 bits per heavy atom. The molecule has 0 aromatic rings. The second-order valence-electron chi connectivity index (χ2n) is 5.23. The molecule has 1 atom stereocenters. The molecule has 104 valence electrons. The van der Waals surface area contributed by atoms with E-state index in [1.165, 1.54) is 0 Å². The molecule has 1 unspecified atom stereocenters. The van der Waals surface area contributed by atoms with Gasteiger partial charge in [0.25, 0.3) is 5.91 Å². The SMILES string of the molecule is CC(C)CC(F)(F)C(=O)N1CCCC(C(=O)O)C1. The number of nitrogens with zero attached hydrogens (tertiary/aromatic N) is 1. The molecule has 6 heteroatoms. The van der Waals surface area contributed by atoms with Crippen LogP contribution in [-0.4, -0.2) is 40.9 Å². The number of carbonyl (C=O) groups excluding carboxylic acids is 1. The van der Waals surface area contributed by atoms with Gasteiger partial charge in [-0.3, -0.25) is 9.59 Å². The van der Waals surface area contributed by atoms with E-state index in [-0.39, 0.29) is 19.0 Å². The summed E-state index contributed by atoms with van der Waals surface area (Å²) in [5.41, 5.74) is 0. The molecule has 0 aromatic carbocycles. The summed E-state index contributed by atoms with van der Waals surface area (Å²) in [6, 6.07) is 0. The number of carboxylic acids is 1. The zero-order valence-electron chi connectivity index (χ0n) is 10.7. The number of halogens is 2. The number of amides is 1. The minimum Gasteiger partial charge on any atom is -0.481 e. The van der Waals surface area contributed by atoms with E-state index in [1.807, 2.05) is 0 Å². The number of rotatable bonds is 4. The van der Waals surface area contributed by atoms with Crippen molar-refractivity contribution in [3.8, 4) is 0 Å². The maximum atomic E-state index is 13.6. The Labute approximate surface area is 105 Å². The van der Waals surface area contributed by atoms with Crippen LogP contribution in [0.15, 0.2) is 0 Å². The molecule has 1 N–H and O–H groups in total. The van der Waals surface area contributed by atoms with Crippen molar-refractivity contribution in [1.29, 1.82) is 0 Å². The van der Waals surface area contributed by atoms with Gasteiger partial charge in [0.15, 0.2) is 0 Å².